The van der Waals surface area contributed by atoms with Crippen LogP contribution in [0.2, 0.25) is 0 Å². The molecule has 0 bridgehead atoms. The minimum absolute atomic E-state index is 0.161. The van der Waals surface area contributed by atoms with E-state index in [2.05, 4.69) is 11.2 Å². The fourth-order valence-corrected chi connectivity index (χ4v) is 0.709. The minimum Gasteiger partial charge on any atom is -0.466 e. The Hall–Kier alpha value is -1.01. The van der Waals surface area contributed by atoms with Gasteiger partial charge in [0.2, 0.25) is 0 Å². The van der Waals surface area contributed by atoms with Gasteiger partial charge in [-0.05, 0) is 6.92 Å². The number of carbonyl (C=O) groups excluding carboxylic acids is 1. The number of hydrogen-bond donors (Lipinski definition) is 1. The Labute approximate surface area is 73.5 Å². The summed E-state index contributed by atoms with van der Waals surface area (Å²) in [7, 11) is 0. The van der Waals surface area contributed by atoms with Gasteiger partial charge in [0.15, 0.2) is 0 Å². The van der Waals surface area contributed by atoms with E-state index in [1.165, 1.54) is 0 Å². The maximum Gasteiger partial charge on any atom is 0.307 e. The van der Waals surface area contributed by atoms with Crippen LogP contribution in [-0.4, -0.2) is 25.7 Å². The van der Waals surface area contributed by atoms with Crippen LogP contribution < -0.4 is 5.32 Å². The van der Waals surface area contributed by atoms with E-state index in [1.54, 1.807) is 6.92 Å². The van der Waals surface area contributed by atoms with E-state index in [-0.39, 0.29) is 5.97 Å². The molecule has 0 aliphatic rings. The van der Waals surface area contributed by atoms with Gasteiger partial charge in [-0.15, -0.1) is 12.3 Å². The second-order valence-corrected chi connectivity index (χ2v) is 2.26. The molecule has 0 aromatic carbocycles. The van der Waals surface area contributed by atoms with Crippen molar-refractivity contribution in [3.05, 3.63) is 0 Å². The van der Waals surface area contributed by atoms with Crippen LogP contribution in [0, 0.1) is 12.3 Å². The highest BCUT2D eigenvalue weighted by atomic mass is 16.5. The summed E-state index contributed by atoms with van der Waals surface area (Å²) >= 11 is 0. The lowest BCUT2D eigenvalue weighted by molar-refractivity contribution is -0.142. The first kappa shape index (κ1) is 11.0. The molecule has 12 heavy (non-hydrogen) atoms. The van der Waals surface area contributed by atoms with Crippen LogP contribution in [0.5, 0.6) is 0 Å². The molecule has 0 atom stereocenters. The second-order valence-electron chi connectivity index (χ2n) is 2.26. The largest absolute Gasteiger partial charge is 0.466 e. The summed E-state index contributed by atoms with van der Waals surface area (Å²) in [6.07, 6.45) is 6.15. The summed E-state index contributed by atoms with van der Waals surface area (Å²) in [6.45, 7) is 3.64. The number of nitrogens with one attached hydrogen (secondary N) is 1. The molecular formula is C9H15NO2. The van der Waals surface area contributed by atoms with Gasteiger partial charge in [-0.1, -0.05) is 0 Å². The molecule has 68 valence electrons. The predicted molar refractivity (Wildman–Crippen MR) is 47.6 cm³/mol. The molecule has 3 heteroatoms. The van der Waals surface area contributed by atoms with E-state index >= 15 is 0 Å². The molecule has 0 heterocycles. The van der Waals surface area contributed by atoms with Crippen molar-refractivity contribution in [2.75, 3.05) is 19.7 Å². The van der Waals surface area contributed by atoms with Crippen LogP contribution in [-0.2, 0) is 9.53 Å². The number of terminal acetylenes is 1. The first-order chi connectivity index (χ1) is 5.81. The van der Waals surface area contributed by atoms with E-state index in [0.717, 1.165) is 6.54 Å². The highest BCUT2D eigenvalue weighted by molar-refractivity contribution is 5.69. The van der Waals surface area contributed by atoms with Crippen molar-refractivity contribution < 1.29 is 9.53 Å². The van der Waals surface area contributed by atoms with Crippen LogP contribution in [0.15, 0.2) is 0 Å². The first-order valence-corrected chi connectivity index (χ1v) is 4.11. The summed E-state index contributed by atoms with van der Waals surface area (Å²) in [6, 6.07) is 0. The molecule has 0 saturated carbocycles. The number of hydrogen-bond acceptors (Lipinski definition) is 3. The molecular weight excluding hydrogens is 154 g/mol. The average Bonchev–Trinajstić information content (AvgIpc) is 2.05. The maximum absolute atomic E-state index is 10.8. The van der Waals surface area contributed by atoms with Crippen molar-refractivity contribution in [3.8, 4) is 12.3 Å². The van der Waals surface area contributed by atoms with Gasteiger partial charge in [0.1, 0.15) is 0 Å². The third kappa shape index (κ3) is 7.10. The van der Waals surface area contributed by atoms with Gasteiger partial charge in [-0.3, -0.25) is 4.79 Å². The molecule has 0 aliphatic carbocycles. The summed E-state index contributed by atoms with van der Waals surface area (Å²) in [5.41, 5.74) is 0. The third-order valence-corrected chi connectivity index (χ3v) is 1.26. The highest BCUT2D eigenvalue weighted by Crippen LogP contribution is 1.83. The van der Waals surface area contributed by atoms with E-state index in [4.69, 9.17) is 11.2 Å². The summed E-state index contributed by atoms with van der Waals surface area (Å²) in [5, 5.41) is 3.03. The molecule has 0 amide bonds. The summed E-state index contributed by atoms with van der Waals surface area (Å²) in [5.74, 6) is 2.34. The zero-order valence-electron chi connectivity index (χ0n) is 7.43. The zero-order valence-corrected chi connectivity index (χ0v) is 7.43. The zero-order chi connectivity index (χ0) is 9.23. The third-order valence-electron chi connectivity index (χ3n) is 1.26. The van der Waals surface area contributed by atoms with Gasteiger partial charge in [0.05, 0.1) is 13.0 Å². The van der Waals surface area contributed by atoms with Gasteiger partial charge in [0, 0.05) is 19.5 Å². The van der Waals surface area contributed by atoms with E-state index in [9.17, 15) is 4.79 Å². The number of esters is 1. The van der Waals surface area contributed by atoms with Gasteiger partial charge in [-0.2, -0.15) is 0 Å². The number of carbonyl (C=O) groups is 1. The van der Waals surface area contributed by atoms with Crippen molar-refractivity contribution in [3.63, 3.8) is 0 Å². The van der Waals surface area contributed by atoms with Gasteiger partial charge >= 0.3 is 5.97 Å². The molecule has 0 rings (SSSR count). The van der Waals surface area contributed by atoms with Crippen LogP contribution in [0.3, 0.4) is 0 Å². The van der Waals surface area contributed by atoms with Crippen LogP contribution in [0.4, 0.5) is 0 Å². The lowest BCUT2D eigenvalue weighted by Gasteiger charge is -2.01. The van der Waals surface area contributed by atoms with E-state index < -0.39 is 0 Å². The fourth-order valence-electron chi connectivity index (χ4n) is 0.709. The Bertz CT molecular complexity index is 160. The average molecular weight is 169 g/mol. The summed E-state index contributed by atoms with van der Waals surface area (Å²) < 4.78 is 4.73. The minimum atomic E-state index is -0.161. The van der Waals surface area contributed by atoms with Crippen molar-refractivity contribution >= 4 is 5.97 Å². The Morgan fingerprint density at radius 2 is 2.33 bits per heavy atom. The first-order valence-electron chi connectivity index (χ1n) is 4.11. The Morgan fingerprint density at radius 1 is 1.58 bits per heavy atom. The maximum atomic E-state index is 10.8. The van der Waals surface area contributed by atoms with E-state index in [0.29, 0.717) is 26.0 Å². The van der Waals surface area contributed by atoms with Crippen LogP contribution >= 0.6 is 0 Å². The lowest BCUT2D eigenvalue weighted by atomic mass is 10.4. The molecule has 3 nitrogen and oxygen atoms in total. The van der Waals surface area contributed by atoms with Crippen LogP contribution in [0.25, 0.3) is 0 Å². The lowest BCUT2D eigenvalue weighted by Crippen LogP contribution is -2.20. The molecule has 1 N–H and O–H groups in total. The second kappa shape index (κ2) is 8.09. The molecule has 0 radical (unpaired) electrons. The SMILES string of the molecule is C#CCCNCCC(=O)OCC. The molecule has 0 aliphatic heterocycles. The quantitative estimate of drug-likeness (QED) is 0.358. The monoisotopic (exact) mass is 169 g/mol. The number of rotatable bonds is 6. The van der Waals surface area contributed by atoms with Crippen molar-refractivity contribution in [1.82, 2.24) is 5.32 Å². The predicted octanol–water partition coefficient (Wildman–Crippen LogP) is 0.552. The molecule has 0 fully saturated rings. The van der Waals surface area contributed by atoms with Gasteiger partial charge in [-0.25, -0.2) is 0 Å². The smallest absolute Gasteiger partial charge is 0.307 e. The van der Waals surface area contributed by atoms with Gasteiger partial charge in [0.25, 0.3) is 0 Å². The number of ether oxygens (including phenoxy) is 1. The van der Waals surface area contributed by atoms with Crippen molar-refractivity contribution in [2.24, 2.45) is 0 Å². The van der Waals surface area contributed by atoms with Crippen molar-refractivity contribution in [1.29, 1.82) is 0 Å². The molecule has 0 spiro atoms. The van der Waals surface area contributed by atoms with Crippen molar-refractivity contribution in [2.45, 2.75) is 19.8 Å². The highest BCUT2D eigenvalue weighted by Gasteiger charge is 1.98. The Kier molecular flexibility index (Phi) is 7.41. The fraction of sp³-hybridized carbons (Fsp3) is 0.667. The molecule has 0 saturated heterocycles. The Balaban J connectivity index is 3.09. The topological polar surface area (TPSA) is 38.3 Å². The molecule has 0 unspecified atom stereocenters. The van der Waals surface area contributed by atoms with Crippen LogP contribution in [0.1, 0.15) is 19.8 Å². The summed E-state index contributed by atoms with van der Waals surface area (Å²) in [4.78, 5) is 10.8. The molecule has 0 aromatic heterocycles. The standard InChI is InChI=1S/C9H15NO2/c1-3-5-7-10-8-6-9(11)12-4-2/h1,10H,4-8H2,2H3. The molecule has 0 aromatic rings. The normalized spacial score (nSPS) is 9.00. The van der Waals surface area contributed by atoms with E-state index in [1.807, 2.05) is 0 Å². The Morgan fingerprint density at radius 3 is 2.92 bits per heavy atom. The van der Waals surface area contributed by atoms with Gasteiger partial charge < -0.3 is 10.1 Å².